The van der Waals surface area contributed by atoms with Crippen LogP contribution in [0.5, 0.6) is 5.75 Å². The van der Waals surface area contributed by atoms with Crippen LogP contribution in [0.2, 0.25) is 0 Å². The number of nitrogens with zero attached hydrogens (tertiary/aromatic N) is 1. The Kier molecular flexibility index (Phi) is 9.55. The Morgan fingerprint density at radius 3 is 2.59 bits per heavy atom. The van der Waals surface area contributed by atoms with Gasteiger partial charge in [-0.1, -0.05) is 0 Å². The minimum atomic E-state index is 0. The topological polar surface area (TPSA) is 96.7 Å². The number of anilines is 1. The summed E-state index contributed by atoms with van der Waals surface area (Å²) in [6.45, 7) is 2.81. The fraction of sp³-hybridized carbons (Fsp3) is 0.300. The number of aliphatic imine (C=N–C) groups is 1. The molecule has 0 amide bonds. The maximum atomic E-state index is 9.40. The maximum absolute atomic E-state index is 9.40. The number of hydrogen-bond donors (Lipinski definition) is 4. The minimum absolute atomic E-state index is 0. The SMILES string of the molecule is CCN=C(N)Nc1ccc(O)c(CN)c1.Cl.Cl. The van der Waals surface area contributed by atoms with Crippen molar-refractivity contribution in [3.63, 3.8) is 0 Å². The van der Waals surface area contributed by atoms with Crippen molar-refractivity contribution >= 4 is 36.5 Å². The molecule has 6 N–H and O–H groups in total. The zero-order valence-corrected chi connectivity index (χ0v) is 11.1. The number of halogens is 2. The van der Waals surface area contributed by atoms with Crippen LogP contribution in [0.1, 0.15) is 12.5 Å². The lowest BCUT2D eigenvalue weighted by Gasteiger charge is -2.08. The fourth-order valence-corrected chi connectivity index (χ4v) is 1.18. The molecule has 0 atom stereocenters. The number of nitrogens with two attached hydrogens (primary N) is 2. The molecule has 0 fully saturated rings. The highest BCUT2D eigenvalue weighted by Crippen LogP contribution is 2.20. The molecule has 1 aromatic rings. The van der Waals surface area contributed by atoms with Crippen LogP contribution in [0.3, 0.4) is 0 Å². The van der Waals surface area contributed by atoms with E-state index in [0.717, 1.165) is 5.69 Å². The number of aromatic hydroxyl groups is 1. The molecule has 1 aromatic carbocycles. The average molecular weight is 281 g/mol. The van der Waals surface area contributed by atoms with E-state index in [1.54, 1.807) is 18.2 Å². The van der Waals surface area contributed by atoms with Crippen molar-refractivity contribution in [3.05, 3.63) is 23.8 Å². The van der Waals surface area contributed by atoms with Crippen molar-refractivity contribution < 1.29 is 5.11 Å². The second-order valence-electron chi connectivity index (χ2n) is 3.03. The Hall–Kier alpha value is -1.17. The molecule has 5 nitrogen and oxygen atoms in total. The maximum Gasteiger partial charge on any atom is 0.193 e. The molecule has 17 heavy (non-hydrogen) atoms. The summed E-state index contributed by atoms with van der Waals surface area (Å²) in [4.78, 5) is 3.99. The summed E-state index contributed by atoms with van der Waals surface area (Å²) in [5.41, 5.74) is 12.5. The summed E-state index contributed by atoms with van der Waals surface area (Å²) in [5, 5.41) is 12.3. The lowest BCUT2D eigenvalue weighted by atomic mass is 10.2. The molecule has 0 unspecified atom stereocenters. The van der Waals surface area contributed by atoms with Gasteiger partial charge < -0.3 is 21.9 Å². The molecule has 0 aliphatic carbocycles. The Morgan fingerprint density at radius 1 is 1.41 bits per heavy atom. The Labute approximate surface area is 113 Å². The van der Waals surface area contributed by atoms with Crippen molar-refractivity contribution in [2.24, 2.45) is 16.5 Å². The lowest BCUT2D eigenvalue weighted by molar-refractivity contribution is 0.468. The first kappa shape index (κ1) is 18.2. The second-order valence-corrected chi connectivity index (χ2v) is 3.03. The Bertz CT molecular complexity index is 371. The Balaban J connectivity index is 0. The van der Waals surface area contributed by atoms with Gasteiger partial charge in [0.1, 0.15) is 5.75 Å². The first-order valence-corrected chi connectivity index (χ1v) is 4.76. The van der Waals surface area contributed by atoms with E-state index in [1.807, 2.05) is 6.92 Å². The second kappa shape index (κ2) is 8.92. The van der Waals surface area contributed by atoms with Gasteiger partial charge in [-0.25, -0.2) is 0 Å². The smallest absolute Gasteiger partial charge is 0.193 e. The normalized spacial score (nSPS) is 10.1. The van der Waals surface area contributed by atoms with Gasteiger partial charge in [0.05, 0.1) is 0 Å². The van der Waals surface area contributed by atoms with Crippen LogP contribution in [0.4, 0.5) is 5.69 Å². The summed E-state index contributed by atoms with van der Waals surface area (Å²) < 4.78 is 0. The molecule has 7 heteroatoms. The quantitative estimate of drug-likeness (QED) is 0.383. The molecule has 0 saturated carbocycles. The van der Waals surface area contributed by atoms with Gasteiger partial charge in [-0.05, 0) is 25.1 Å². The zero-order valence-electron chi connectivity index (χ0n) is 9.51. The predicted octanol–water partition coefficient (Wildman–Crippen LogP) is 1.44. The first-order valence-electron chi connectivity index (χ1n) is 4.76. The van der Waals surface area contributed by atoms with E-state index in [1.165, 1.54) is 0 Å². The van der Waals surface area contributed by atoms with E-state index in [9.17, 15) is 5.11 Å². The monoisotopic (exact) mass is 280 g/mol. The highest BCUT2D eigenvalue weighted by atomic mass is 35.5. The molecule has 0 spiro atoms. The van der Waals surface area contributed by atoms with Gasteiger partial charge in [0.25, 0.3) is 0 Å². The molecular weight excluding hydrogens is 263 g/mol. The van der Waals surface area contributed by atoms with Crippen LogP contribution >= 0.6 is 24.8 Å². The number of phenolic OH excluding ortho intramolecular Hbond substituents is 1. The summed E-state index contributed by atoms with van der Waals surface area (Å²) in [6.07, 6.45) is 0. The van der Waals surface area contributed by atoms with Gasteiger partial charge in [-0.3, -0.25) is 4.99 Å². The number of guanidine groups is 1. The third kappa shape index (κ3) is 5.63. The molecule has 0 bridgehead atoms. The van der Waals surface area contributed by atoms with Gasteiger partial charge in [0.2, 0.25) is 0 Å². The highest BCUT2D eigenvalue weighted by molar-refractivity contribution is 5.92. The molecule has 0 aliphatic heterocycles. The van der Waals surface area contributed by atoms with Crippen LogP contribution in [0.15, 0.2) is 23.2 Å². The van der Waals surface area contributed by atoms with E-state index in [2.05, 4.69) is 10.3 Å². The minimum Gasteiger partial charge on any atom is -0.508 e. The highest BCUT2D eigenvalue weighted by Gasteiger charge is 2.01. The number of phenols is 1. The summed E-state index contributed by atoms with van der Waals surface area (Å²) >= 11 is 0. The van der Waals surface area contributed by atoms with Crippen molar-refractivity contribution in [2.45, 2.75) is 13.5 Å². The van der Waals surface area contributed by atoms with E-state index >= 15 is 0 Å². The summed E-state index contributed by atoms with van der Waals surface area (Å²) in [5.74, 6) is 0.542. The number of hydrogen-bond acceptors (Lipinski definition) is 3. The van der Waals surface area contributed by atoms with Crippen molar-refractivity contribution in [1.82, 2.24) is 0 Å². The van der Waals surface area contributed by atoms with Gasteiger partial charge in [0, 0.05) is 24.3 Å². The first-order chi connectivity index (χ1) is 7.17. The molecule has 1 rings (SSSR count). The van der Waals surface area contributed by atoms with Gasteiger partial charge >= 0.3 is 0 Å². The lowest BCUT2D eigenvalue weighted by Crippen LogP contribution is -2.22. The summed E-state index contributed by atoms with van der Waals surface area (Å²) in [7, 11) is 0. The molecule has 98 valence electrons. The number of nitrogens with one attached hydrogen (secondary N) is 1. The van der Waals surface area contributed by atoms with Crippen LogP contribution in [-0.4, -0.2) is 17.6 Å². The summed E-state index contributed by atoms with van der Waals surface area (Å²) in [6, 6.07) is 5.03. The van der Waals surface area contributed by atoms with Gasteiger partial charge in [0.15, 0.2) is 5.96 Å². The predicted molar refractivity (Wildman–Crippen MR) is 76.3 cm³/mol. The number of rotatable bonds is 3. The molecule has 0 aliphatic rings. The largest absolute Gasteiger partial charge is 0.508 e. The van der Waals surface area contributed by atoms with Crippen molar-refractivity contribution in [3.8, 4) is 5.75 Å². The van der Waals surface area contributed by atoms with Crippen LogP contribution in [-0.2, 0) is 6.54 Å². The van der Waals surface area contributed by atoms with E-state index < -0.39 is 0 Å². The average Bonchev–Trinajstić information content (AvgIpc) is 2.21. The fourth-order valence-electron chi connectivity index (χ4n) is 1.18. The zero-order chi connectivity index (χ0) is 11.3. The van der Waals surface area contributed by atoms with Gasteiger partial charge in [-0.15, -0.1) is 24.8 Å². The molecule has 0 radical (unpaired) electrons. The van der Waals surface area contributed by atoms with Crippen LogP contribution in [0.25, 0.3) is 0 Å². The van der Waals surface area contributed by atoms with Crippen molar-refractivity contribution in [1.29, 1.82) is 0 Å². The standard InChI is InChI=1S/C10H16N4O.2ClH/c1-2-13-10(12)14-8-3-4-9(15)7(5-8)6-11;;/h3-5,15H,2,6,11H2,1H3,(H3,12,13,14);2*1H. The van der Waals surface area contributed by atoms with E-state index in [-0.39, 0.29) is 37.1 Å². The molecular formula is C10H18Cl2N4O. The third-order valence-corrected chi connectivity index (χ3v) is 1.90. The van der Waals surface area contributed by atoms with Crippen LogP contribution in [0, 0.1) is 0 Å². The molecule has 0 saturated heterocycles. The molecule has 0 heterocycles. The van der Waals surface area contributed by atoms with Gasteiger partial charge in [-0.2, -0.15) is 0 Å². The number of benzene rings is 1. The van der Waals surface area contributed by atoms with E-state index in [4.69, 9.17) is 11.5 Å². The Morgan fingerprint density at radius 2 is 2.06 bits per heavy atom. The van der Waals surface area contributed by atoms with Crippen LogP contribution < -0.4 is 16.8 Å². The third-order valence-electron chi connectivity index (χ3n) is 1.90. The van der Waals surface area contributed by atoms with Crippen molar-refractivity contribution in [2.75, 3.05) is 11.9 Å². The van der Waals surface area contributed by atoms with E-state index in [0.29, 0.717) is 18.1 Å². The molecule has 0 aromatic heterocycles.